The summed E-state index contributed by atoms with van der Waals surface area (Å²) in [6.07, 6.45) is 9.84. The van der Waals surface area contributed by atoms with Crippen molar-refractivity contribution in [3.05, 3.63) is 12.2 Å². The zero-order valence-corrected chi connectivity index (χ0v) is 7.73. The molecule has 0 heterocycles. The molecule has 0 aromatic carbocycles. The van der Waals surface area contributed by atoms with E-state index in [-0.39, 0.29) is 0 Å². The van der Waals surface area contributed by atoms with E-state index in [1.807, 2.05) is 0 Å². The molecule has 1 aliphatic rings. The molecular weight excluding hydrogens is 132 g/mol. The summed E-state index contributed by atoms with van der Waals surface area (Å²) in [4.78, 5) is 0. The van der Waals surface area contributed by atoms with Crippen LogP contribution >= 0.6 is 0 Å². The van der Waals surface area contributed by atoms with Gasteiger partial charge in [0.1, 0.15) is 0 Å². The van der Waals surface area contributed by atoms with Crippen molar-refractivity contribution in [2.75, 3.05) is 0 Å². The summed E-state index contributed by atoms with van der Waals surface area (Å²) in [5.41, 5.74) is 1.50. The van der Waals surface area contributed by atoms with E-state index in [0.29, 0.717) is 0 Å². The Hall–Kier alpha value is -0.260. The van der Waals surface area contributed by atoms with E-state index in [9.17, 15) is 0 Å². The molecule has 0 nitrogen and oxygen atoms in total. The van der Waals surface area contributed by atoms with E-state index < -0.39 is 0 Å². The average molecular weight is 152 g/mol. The predicted octanol–water partition coefficient (Wildman–Crippen LogP) is 3.92. The van der Waals surface area contributed by atoms with Gasteiger partial charge in [0.2, 0.25) is 0 Å². The van der Waals surface area contributed by atoms with Crippen LogP contribution in [-0.4, -0.2) is 0 Å². The standard InChI is InChI=1S/C11H20/c1-3-4-5-6-7-8-11-9-10(11)2/h11H,2-9H2,1H3. The summed E-state index contributed by atoms with van der Waals surface area (Å²) in [7, 11) is 0. The second kappa shape index (κ2) is 4.58. The number of hydrogen-bond acceptors (Lipinski definition) is 0. The second-order valence-corrected chi connectivity index (χ2v) is 3.76. The summed E-state index contributed by atoms with van der Waals surface area (Å²) in [5.74, 6) is 0.927. The van der Waals surface area contributed by atoms with Crippen molar-refractivity contribution < 1.29 is 0 Å². The van der Waals surface area contributed by atoms with Gasteiger partial charge >= 0.3 is 0 Å². The Morgan fingerprint density at radius 2 is 1.91 bits per heavy atom. The van der Waals surface area contributed by atoms with Gasteiger partial charge in [-0.25, -0.2) is 0 Å². The molecule has 64 valence electrons. The van der Waals surface area contributed by atoms with Gasteiger partial charge in [0.25, 0.3) is 0 Å². The van der Waals surface area contributed by atoms with Gasteiger partial charge in [-0.1, -0.05) is 51.2 Å². The Balaban J connectivity index is 1.78. The molecular formula is C11H20. The first kappa shape index (κ1) is 8.83. The molecule has 0 N–H and O–H groups in total. The van der Waals surface area contributed by atoms with Crippen molar-refractivity contribution in [3.8, 4) is 0 Å². The summed E-state index contributed by atoms with van der Waals surface area (Å²) in [6, 6.07) is 0. The molecule has 0 aliphatic heterocycles. The Labute approximate surface area is 70.7 Å². The molecule has 0 heteroatoms. The highest BCUT2D eigenvalue weighted by Crippen LogP contribution is 2.39. The molecule has 1 atom stereocenters. The number of unbranched alkanes of at least 4 members (excludes halogenated alkanes) is 4. The first-order chi connectivity index (χ1) is 5.34. The first-order valence-corrected chi connectivity index (χ1v) is 5.02. The summed E-state index contributed by atoms with van der Waals surface area (Å²) >= 11 is 0. The molecule has 11 heavy (non-hydrogen) atoms. The van der Waals surface area contributed by atoms with E-state index in [0.717, 1.165) is 5.92 Å². The van der Waals surface area contributed by atoms with E-state index in [2.05, 4.69) is 13.5 Å². The minimum Gasteiger partial charge on any atom is -0.0995 e. The fourth-order valence-electron chi connectivity index (χ4n) is 1.56. The largest absolute Gasteiger partial charge is 0.0995 e. The molecule has 0 spiro atoms. The van der Waals surface area contributed by atoms with Crippen LogP contribution < -0.4 is 0 Å². The third kappa shape index (κ3) is 3.60. The highest BCUT2D eigenvalue weighted by molar-refractivity contribution is 5.18. The molecule has 0 aromatic heterocycles. The minimum absolute atomic E-state index is 0.927. The molecule has 0 radical (unpaired) electrons. The normalized spacial score (nSPS) is 22.3. The molecule has 1 aliphatic carbocycles. The maximum Gasteiger partial charge on any atom is -0.0168 e. The SMILES string of the molecule is C=C1CC1CCCCCCC. The highest BCUT2D eigenvalue weighted by atomic mass is 14.3. The van der Waals surface area contributed by atoms with Gasteiger partial charge < -0.3 is 0 Å². The van der Waals surface area contributed by atoms with Gasteiger partial charge in [-0.2, -0.15) is 0 Å². The molecule has 0 amide bonds. The predicted molar refractivity (Wildman–Crippen MR) is 50.6 cm³/mol. The van der Waals surface area contributed by atoms with Crippen LogP contribution in [0.25, 0.3) is 0 Å². The summed E-state index contributed by atoms with van der Waals surface area (Å²) < 4.78 is 0. The van der Waals surface area contributed by atoms with Crippen LogP contribution in [0.3, 0.4) is 0 Å². The Morgan fingerprint density at radius 3 is 2.45 bits per heavy atom. The molecule has 1 unspecified atom stereocenters. The zero-order chi connectivity index (χ0) is 8.10. The van der Waals surface area contributed by atoms with Gasteiger partial charge in [-0.05, 0) is 18.8 Å². The lowest BCUT2D eigenvalue weighted by molar-refractivity contribution is 0.587. The van der Waals surface area contributed by atoms with Crippen LogP contribution in [0.15, 0.2) is 12.2 Å². The van der Waals surface area contributed by atoms with Crippen molar-refractivity contribution in [1.82, 2.24) is 0 Å². The molecule has 0 aromatic rings. The quantitative estimate of drug-likeness (QED) is 0.399. The smallest absolute Gasteiger partial charge is 0.0168 e. The summed E-state index contributed by atoms with van der Waals surface area (Å²) in [5, 5.41) is 0. The van der Waals surface area contributed by atoms with Crippen molar-refractivity contribution in [2.24, 2.45) is 5.92 Å². The fraction of sp³-hybridized carbons (Fsp3) is 0.818. The first-order valence-electron chi connectivity index (χ1n) is 5.02. The van der Waals surface area contributed by atoms with Crippen LogP contribution in [0.2, 0.25) is 0 Å². The van der Waals surface area contributed by atoms with Gasteiger partial charge in [0, 0.05) is 0 Å². The van der Waals surface area contributed by atoms with Gasteiger partial charge in [-0.3, -0.25) is 0 Å². The lowest BCUT2D eigenvalue weighted by Gasteiger charge is -1.97. The molecule has 1 fully saturated rings. The maximum atomic E-state index is 3.96. The molecule has 0 saturated heterocycles. The monoisotopic (exact) mass is 152 g/mol. The van der Waals surface area contributed by atoms with Crippen LogP contribution in [0.4, 0.5) is 0 Å². The lowest BCUT2D eigenvalue weighted by atomic mass is 10.1. The molecule has 1 rings (SSSR count). The Morgan fingerprint density at radius 1 is 1.27 bits per heavy atom. The maximum absolute atomic E-state index is 3.96. The van der Waals surface area contributed by atoms with Crippen molar-refractivity contribution >= 4 is 0 Å². The van der Waals surface area contributed by atoms with Crippen LogP contribution in [0, 0.1) is 5.92 Å². The van der Waals surface area contributed by atoms with Gasteiger partial charge in [-0.15, -0.1) is 0 Å². The van der Waals surface area contributed by atoms with Crippen molar-refractivity contribution in [3.63, 3.8) is 0 Å². The van der Waals surface area contributed by atoms with Crippen molar-refractivity contribution in [2.45, 2.75) is 51.9 Å². The third-order valence-electron chi connectivity index (χ3n) is 2.58. The zero-order valence-electron chi connectivity index (χ0n) is 7.73. The average Bonchev–Trinajstić information content (AvgIpc) is 2.67. The van der Waals surface area contributed by atoms with Gasteiger partial charge in [0.05, 0.1) is 0 Å². The molecule has 0 bridgehead atoms. The lowest BCUT2D eigenvalue weighted by Crippen LogP contribution is -1.79. The van der Waals surface area contributed by atoms with Crippen LogP contribution in [-0.2, 0) is 0 Å². The van der Waals surface area contributed by atoms with E-state index in [1.54, 1.807) is 0 Å². The van der Waals surface area contributed by atoms with Gasteiger partial charge in [0.15, 0.2) is 0 Å². The van der Waals surface area contributed by atoms with E-state index in [4.69, 9.17) is 0 Å². The third-order valence-corrected chi connectivity index (χ3v) is 2.58. The van der Waals surface area contributed by atoms with E-state index >= 15 is 0 Å². The summed E-state index contributed by atoms with van der Waals surface area (Å²) in [6.45, 7) is 6.23. The topological polar surface area (TPSA) is 0 Å². The Bertz CT molecular complexity index is 124. The second-order valence-electron chi connectivity index (χ2n) is 3.76. The number of rotatable bonds is 6. The highest BCUT2D eigenvalue weighted by Gasteiger charge is 2.25. The van der Waals surface area contributed by atoms with Crippen molar-refractivity contribution in [1.29, 1.82) is 0 Å². The Kier molecular flexibility index (Phi) is 3.68. The van der Waals surface area contributed by atoms with Crippen LogP contribution in [0.1, 0.15) is 51.9 Å². The fourth-order valence-corrected chi connectivity index (χ4v) is 1.56. The number of hydrogen-bond donors (Lipinski definition) is 0. The minimum atomic E-state index is 0.927. The number of allylic oxidation sites excluding steroid dienone is 1. The van der Waals surface area contributed by atoms with Crippen LogP contribution in [0.5, 0.6) is 0 Å². The van der Waals surface area contributed by atoms with E-state index in [1.165, 1.54) is 50.5 Å². The molecule has 1 saturated carbocycles.